The predicted octanol–water partition coefficient (Wildman–Crippen LogP) is 2.80. The maximum atomic E-state index is 13.2. The van der Waals surface area contributed by atoms with E-state index in [1.54, 1.807) is 6.07 Å². The number of benzene rings is 1. The van der Waals surface area contributed by atoms with E-state index in [0.29, 0.717) is 12.1 Å². The second-order valence-corrected chi connectivity index (χ2v) is 4.80. The summed E-state index contributed by atoms with van der Waals surface area (Å²) >= 11 is 0. The van der Waals surface area contributed by atoms with Crippen LogP contribution in [0.15, 0.2) is 24.3 Å². The van der Waals surface area contributed by atoms with Crippen LogP contribution in [0.25, 0.3) is 0 Å². The second-order valence-electron chi connectivity index (χ2n) is 4.80. The van der Waals surface area contributed by atoms with Crippen molar-refractivity contribution in [2.24, 2.45) is 0 Å². The van der Waals surface area contributed by atoms with Crippen LogP contribution in [0, 0.1) is 23.2 Å². The lowest BCUT2D eigenvalue weighted by atomic mass is 10.1. The topological polar surface area (TPSA) is 62.1 Å². The number of hydrogen-bond acceptors (Lipinski definition) is 3. The number of nitrogens with zero attached hydrogens (tertiary/aromatic N) is 1. The van der Waals surface area contributed by atoms with Crippen molar-refractivity contribution in [3.05, 3.63) is 29.8 Å². The molecule has 0 saturated heterocycles. The molecule has 1 rings (SSSR count). The molecule has 1 aromatic rings. The fraction of sp³-hybridized carbons (Fsp3) is 0.375. The van der Waals surface area contributed by atoms with Gasteiger partial charge in [-0.05, 0) is 36.1 Å². The van der Waals surface area contributed by atoms with Crippen LogP contribution in [0.1, 0.15) is 12.0 Å². The number of halogens is 5. The smallest absolute Gasteiger partial charge is 0.416 e. The standard InChI is InChI=1S/C16H13F5N2O2/c17-10-15(11-18,7-6-14(24)23-9-1-8-22)25-13-4-2-12(3-5-13)16(19,20)21/h2-5H,1,9-11H2,(H,23,24). The van der Waals surface area contributed by atoms with Crippen LogP contribution in [0.2, 0.25) is 0 Å². The van der Waals surface area contributed by atoms with Crippen molar-refractivity contribution in [1.82, 2.24) is 5.32 Å². The van der Waals surface area contributed by atoms with Gasteiger partial charge in [0.2, 0.25) is 5.60 Å². The first-order chi connectivity index (χ1) is 11.8. The van der Waals surface area contributed by atoms with Crippen LogP contribution < -0.4 is 10.1 Å². The molecule has 0 fully saturated rings. The van der Waals surface area contributed by atoms with Gasteiger partial charge in [-0.15, -0.1) is 0 Å². The van der Waals surface area contributed by atoms with Crippen molar-refractivity contribution in [2.45, 2.75) is 18.2 Å². The van der Waals surface area contributed by atoms with Gasteiger partial charge in [0, 0.05) is 6.54 Å². The third-order valence-corrected chi connectivity index (χ3v) is 2.85. The average molecular weight is 360 g/mol. The van der Waals surface area contributed by atoms with E-state index in [-0.39, 0.29) is 18.7 Å². The number of hydrogen-bond donors (Lipinski definition) is 1. The molecule has 0 unspecified atom stereocenters. The highest BCUT2D eigenvalue weighted by Crippen LogP contribution is 2.31. The van der Waals surface area contributed by atoms with Gasteiger partial charge in [0.05, 0.1) is 18.1 Å². The van der Waals surface area contributed by atoms with Crippen molar-refractivity contribution in [1.29, 1.82) is 5.26 Å². The van der Waals surface area contributed by atoms with Crippen LogP contribution >= 0.6 is 0 Å². The van der Waals surface area contributed by atoms with Gasteiger partial charge >= 0.3 is 6.18 Å². The van der Waals surface area contributed by atoms with Gasteiger partial charge in [-0.3, -0.25) is 4.79 Å². The van der Waals surface area contributed by atoms with E-state index in [2.05, 4.69) is 5.32 Å². The number of carbonyl (C=O) groups excluding carboxylic acids is 1. The molecule has 25 heavy (non-hydrogen) atoms. The molecule has 0 aliphatic carbocycles. The third kappa shape index (κ3) is 6.30. The lowest BCUT2D eigenvalue weighted by Crippen LogP contribution is -2.40. The highest BCUT2D eigenvalue weighted by Gasteiger charge is 2.33. The lowest BCUT2D eigenvalue weighted by Gasteiger charge is -2.23. The number of amides is 1. The first-order valence-corrected chi connectivity index (χ1v) is 6.92. The quantitative estimate of drug-likeness (QED) is 0.482. The number of nitriles is 1. The SMILES string of the molecule is N#CCCNC(=O)C#CC(CF)(CF)Oc1ccc(C(F)(F)F)cc1. The van der Waals surface area contributed by atoms with Crippen LogP contribution in [0.3, 0.4) is 0 Å². The molecule has 1 aromatic carbocycles. The van der Waals surface area contributed by atoms with Gasteiger partial charge in [-0.1, -0.05) is 0 Å². The molecule has 0 aliphatic heterocycles. The molecule has 0 bridgehead atoms. The molecule has 0 radical (unpaired) electrons. The van der Waals surface area contributed by atoms with Crippen molar-refractivity contribution in [2.75, 3.05) is 19.9 Å². The van der Waals surface area contributed by atoms with Crippen LogP contribution in [-0.4, -0.2) is 31.4 Å². The minimum Gasteiger partial charge on any atom is -0.469 e. The number of ether oxygens (including phenoxy) is 1. The summed E-state index contributed by atoms with van der Waals surface area (Å²) in [4.78, 5) is 11.4. The molecule has 4 nitrogen and oxygen atoms in total. The first-order valence-electron chi connectivity index (χ1n) is 6.92. The Kier molecular flexibility index (Phi) is 7.19. The molecule has 1 N–H and O–H groups in total. The summed E-state index contributed by atoms with van der Waals surface area (Å²) in [6.45, 7) is -2.84. The molecule has 0 aliphatic rings. The molecule has 0 heterocycles. The number of nitrogens with one attached hydrogen (secondary N) is 1. The van der Waals surface area contributed by atoms with Crippen molar-refractivity contribution >= 4 is 5.91 Å². The molecule has 0 saturated carbocycles. The molecular weight excluding hydrogens is 347 g/mol. The minimum atomic E-state index is -4.56. The summed E-state index contributed by atoms with van der Waals surface area (Å²) in [5.41, 5.74) is -3.26. The van der Waals surface area contributed by atoms with E-state index >= 15 is 0 Å². The average Bonchev–Trinajstić information content (AvgIpc) is 2.58. The van der Waals surface area contributed by atoms with E-state index in [4.69, 9.17) is 10.00 Å². The minimum absolute atomic E-state index is 0.0159. The van der Waals surface area contributed by atoms with Gasteiger partial charge in [0.1, 0.15) is 19.1 Å². The fourth-order valence-corrected chi connectivity index (χ4v) is 1.57. The van der Waals surface area contributed by atoms with E-state index in [0.717, 1.165) is 12.1 Å². The Balaban J connectivity index is 2.89. The van der Waals surface area contributed by atoms with Gasteiger partial charge in [-0.25, -0.2) is 8.78 Å². The molecule has 0 atom stereocenters. The zero-order valence-corrected chi connectivity index (χ0v) is 12.8. The van der Waals surface area contributed by atoms with Gasteiger partial charge in [0.25, 0.3) is 5.91 Å². The Morgan fingerprint density at radius 1 is 1.16 bits per heavy atom. The zero-order valence-electron chi connectivity index (χ0n) is 12.8. The Morgan fingerprint density at radius 3 is 2.24 bits per heavy atom. The first kappa shape index (κ1) is 20.2. The largest absolute Gasteiger partial charge is 0.469 e. The zero-order chi connectivity index (χ0) is 18.9. The summed E-state index contributed by atoms with van der Waals surface area (Å²) in [5.74, 6) is 2.86. The second kappa shape index (κ2) is 8.88. The van der Waals surface area contributed by atoms with Crippen LogP contribution in [0.4, 0.5) is 22.0 Å². The van der Waals surface area contributed by atoms with Crippen LogP contribution in [-0.2, 0) is 11.0 Å². The van der Waals surface area contributed by atoms with E-state index < -0.39 is 36.6 Å². The Morgan fingerprint density at radius 2 is 1.76 bits per heavy atom. The summed E-state index contributed by atoms with van der Waals surface area (Å²) < 4.78 is 68.9. The van der Waals surface area contributed by atoms with Crippen molar-refractivity contribution < 1.29 is 31.5 Å². The Bertz CT molecular complexity index is 680. The number of rotatable bonds is 6. The summed E-state index contributed by atoms with van der Waals surface area (Å²) in [7, 11) is 0. The van der Waals surface area contributed by atoms with E-state index in [1.165, 1.54) is 0 Å². The number of alkyl halides is 5. The number of carbonyl (C=O) groups is 1. The molecule has 9 heteroatoms. The van der Waals surface area contributed by atoms with Crippen molar-refractivity contribution in [3.8, 4) is 23.7 Å². The Hall–Kier alpha value is -2.81. The predicted molar refractivity (Wildman–Crippen MR) is 77.8 cm³/mol. The highest BCUT2D eigenvalue weighted by molar-refractivity contribution is 5.93. The van der Waals surface area contributed by atoms with Crippen LogP contribution in [0.5, 0.6) is 5.75 Å². The summed E-state index contributed by atoms with van der Waals surface area (Å²) in [5, 5.41) is 10.6. The van der Waals surface area contributed by atoms with Gasteiger partial charge in [-0.2, -0.15) is 18.4 Å². The van der Waals surface area contributed by atoms with Gasteiger partial charge in [0.15, 0.2) is 0 Å². The molecule has 134 valence electrons. The molecule has 0 aromatic heterocycles. The van der Waals surface area contributed by atoms with Crippen molar-refractivity contribution in [3.63, 3.8) is 0 Å². The third-order valence-electron chi connectivity index (χ3n) is 2.85. The molecule has 0 spiro atoms. The normalized spacial score (nSPS) is 11.0. The maximum absolute atomic E-state index is 13.2. The van der Waals surface area contributed by atoms with Gasteiger partial charge < -0.3 is 10.1 Å². The fourth-order valence-electron chi connectivity index (χ4n) is 1.57. The molecule has 1 amide bonds. The van der Waals surface area contributed by atoms with E-state index in [1.807, 2.05) is 11.8 Å². The lowest BCUT2D eigenvalue weighted by molar-refractivity contribution is -0.137. The summed E-state index contributed by atoms with van der Waals surface area (Å²) in [6.07, 6.45) is -4.52. The van der Waals surface area contributed by atoms with E-state index in [9.17, 15) is 26.7 Å². The summed E-state index contributed by atoms with van der Waals surface area (Å²) in [6, 6.07) is 4.96. The highest BCUT2D eigenvalue weighted by atomic mass is 19.4. The maximum Gasteiger partial charge on any atom is 0.416 e. The molecular formula is C16H13F5N2O2. The Labute approximate surface area is 140 Å². The monoisotopic (exact) mass is 360 g/mol.